The quantitative estimate of drug-likeness (QED) is 0.816. The minimum absolute atomic E-state index is 0.150. The molecule has 0 bridgehead atoms. The van der Waals surface area contributed by atoms with Crippen molar-refractivity contribution in [3.05, 3.63) is 35.9 Å². The summed E-state index contributed by atoms with van der Waals surface area (Å²) in [6, 6.07) is 5.21. The summed E-state index contributed by atoms with van der Waals surface area (Å²) in [4.78, 5) is 15.4. The molecular weight excluding hydrogens is 308 g/mol. The molecule has 0 spiro atoms. The Morgan fingerprint density at radius 3 is 2.96 bits per heavy atom. The number of primary amides is 1. The van der Waals surface area contributed by atoms with Crippen molar-refractivity contribution in [2.24, 2.45) is 22.0 Å². The lowest BCUT2D eigenvalue weighted by molar-refractivity contribution is -0.117. The van der Waals surface area contributed by atoms with E-state index >= 15 is 0 Å². The van der Waals surface area contributed by atoms with Crippen LogP contribution in [-0.2, 0) is 4.79 Å². The van der Waals surface area contributed by atoms with E-state index in [1.54, 1.807) is 18.2 Å². The van der Waals surface area contributed by atoms with Crippen molar-refractivity contribution in [2.75, 3.05) is 12.3 Å². The first-order valence-electron chi connectivity index (χ1n) is 7.75. The Bertz CT molecular complexity index is 823. The van der Waals surface area contributed by atoms with Crippen LogP contribution in [0.25, 0.3) is 11.1 Å². The van der Waals surface area contributed by atoms with E-state index < -0.39 is 5.91 Å². The lowest BCUT2D eigenvalue weighted by atomic mass is 10.0. The molecule has 4 N–H and O–H groups in total. The van der Waals surface area contributed by atoms with Gasteiger partial charge in [0.05, 0.1) is 12.2 Å². The van der Waals surface area contributed by atoms with Gasteiger partial charge in [-0.25, -0.2) is 4.98 Å². The second-order valence-electron chi connectivity index (χ2n) is 6.12. The van der Waals surface area contributed by atoms with Crippen LogP contribution in [0.5, 0.6) is 0 Å². The molecular formula is C16H20N6O2. The molecule has 0 aliphatic carbocycles. The normalized spacial score (nSPS) is 17.3. The summed E-state index contributed by atoms with van der Waals surface area (Å²) in [7, 11) is 0. The van der Waals surface area contributed by atoms with Crippen LogP contribution in [0, 0.1) is 5.92 Å². The smallest absolute Gasteiger partial charge is 0.221 e. The number of hydrogen-bond acceptors (Lipinski definition) is 7. The van der Waals surface area contributed by atoms with Crippen LogP contribution in [0.3, 0.4) is 0 Å². The van der Waals surface area contributed by atoms with Gasteiger partial charge >= 0.3 is 0 Å². The van der Waals surface area contributed by atoms with Gasteiger partial charge in [-0.2, -0.15) is 0 Å². The highest BCUT2D eigenvalue weighted by molar-refractivity contribution is 5.76. The number of fused-ring (bicyclic) bond motifs is 1. The Hall–Kier alpha value is -2.90. The maximum atomic E-state index is 10.9. The minimum Gasteiger partial charge on any atom is -0.438 e. The van der Waals surface area contributed by atoms with Gasteiger partial charge in [0, 0.05) is 18.2 Å². The number of nitrogen functional groups attached to an aromatic ring is 1. The number of nitrogens with zero attached hydrogens (tertiary/aromatic N) is 4. The fourth-order valence-electron chi connectivity index (χ4n) is 2.66. The molecule has 0 saturated carbocycles. The van der Waals surface area contributed by atoms with Gasteiger partial charge in [0.15, 0.2) is 5.58 Å². The molecule has 1 amide bonds. The number of carbonyl (C=O) groups is 1. The molecule has 3 rings (SSSR count). The van der Waals surface area contributed by atoms with Crippen LogP contribution in [0.1, 0.15) is 32.2 Å². The lowest BCUT2D eigenvalue weighted by Crippen LogP contribution is -2.26. The van der Waals surface area contributed by atoms with Crippen LogP contribution in [-0.4, -0.2) is 22.4 Å². The predicted octanol–water partition coefficient (Wildman–Crippen LogP) is 2.55. The number of carbonyl (C=O) groups excluding carboxylic acids is 1. The Morgan fingerprint density at radius 1 is 1.46 bits per heavy atom. The SMILES string of the molecule is CC(C)C(c1nc2ccc(N)cc2o1)N1C/C(=C/CC(N)=O)N=N1. The molecule has 1 atom stereocenters. The van der Waals surface area contributed by atoms with Gasteiger partial charge in [0.25, 0.3) is 0 Å². The van der Waals surface area contributed by atoms with Gasteiger partial charge in [-0.3, -0.25) is 9.80 Å². The average Bonchev–Trinajstić information content (AvgIpc) is 3.11. The second kappa shape index (κ2) is 6.31. The van der Waals surface area contributed by atoms with Gasteiger partial charge in [-0.05, 0) is 24.1 Å². The van der Waals surface area contributed by atoms with Gasteiger partial charge in [0.1, 0.15) is 11.6 Å². The van der Waals surface area contributed by atoms with E-state index in [-0.39, 0.29) is 18.4 Å². The molecule has 8 nitrogen and oxygen atoms in total. The molecule has 8 heteroatoms. The van der Waals surface area contributed by atoms with Crippen LogP contribution >= 0.6 is 0 Å². The molecule has 1 aromatic heterocycles. The molecule has 1 aliphatic heterocycles. The highest BCUT2D eigenvalue weighted by Gasteiger charge is 2.31. The van der Waals surface area contributed by atoms with Crippen molar-refractivity contribution in [3.63, 3.8) is 0 Å². The molecule has 0 fully saturated rings. The number of aromatic nitrogens is 1. The van der Waals surface area contributed by atoms with E-state index in [0.29, 0.717) is 29.4 Å². The van der Waals surface area contributed by atoms with Crippen LogP contribution in [0.2, 0.25) is 0 Å². The third kappa shape index (κ3) is 3.22. The second-order valence-corrected chi connectivity index (χ2v) is 6.12. The number of anilines is 1. The number of benzene rings is 1. The molecule has 1 aromatic carbocycles. The van der Waals surface area contributed by atoms with Crippen molar-refractivity contribution >= 4 is 22.7 Å². The first-order valence-corrected chi connectivity index (χ1v) is 7.75. The summed E-state index contributed by atoms with van der Waals surface area (Å²) in [5.74, 6) is 0.374. The zero-order valence-corrected chi connectivity index (χ0v) is 13.6. The first-order chi connectivity index (χ1) is 11.4. The van der Waals surface area contributed by atoms with Crippen LogP contribution < -0.4 is 11.5 Å². The number of amides is 1. The molecule has 0 saturated heterocycles. The molecule has 2 heterocycles. The van der Waals surface area contributed by atoms with Crippen LogP contribution in [0.4, 0.5) is 5.69 Å². The third-order valence-corrected chi connectivity index (χ3v) is 3.79. The number of oxazole rings is 1. The van der Waals surface area contributed by atoms with Crippen molar-refractivity contribution in [1.29, 1.82) is 0 Å². The molecule has 126 valence electrons. The van der Waals surface area contributed by atoms with E-state index in [1.165, 1.54) is 0 Å². The molecule has 1 aliphatic rings. The highest BCUT2D eigenvalue weighted by atomic mass is 16.4. The van der Waals surface area contributed by atoms with E-state index in [9.17, 15) is 4.79 Å². The zero-order chi connectivity index (χ0) is 17.3. The van der Waals surface area contributed by atoms with Gasteiger partial charge < -0.3 is 15.9 Å². The van der Waals surface area contributed by atoms with Gasteiger partial charge in [0.2, 0.25) is 11.8 Å². The lowest BCUT2D eigenvalue weighted by Gasteiger charge is -2.25. The molecule has 2 aromatic rings. The Labute approximate surface area is 139 Å². The monoisotopic (exact) mass is 328 g/mol. The van der Waals surface area contributed by atoms with Gasteiger partial charge in [-0.1, -0.05) is 19.1 Å². The van der Waals surface area contributed by atoms with Crippen molar-refractivity contribution in [2.45, 2.75) is 26.3 Å². The van der Waals surface area contributed by atoms with Crippen LogP contribution in [0.15, 0.2) is 44.7 Å². The standard InChI is InChI=1S/C16H20N6O2/c1-9(2)15(22-8-11(20-21-22)4-6-14(18)23)16-19-12-5-3-10(17)7-13(12)24-16/h3-5,7,9,15H,6,8,17H2,1-2H3,(H2,18,23)/b11-4-. The largest absolute Gasteiger partial charge is 0.438 e. The van der Waals surface area contributed by atoms with E-state index in [1.807, 2.05) is 11.1 Å². The van der Waals surface area contributed by atoms with Crippen molar-refractivity contribution < 1.29 is 9.21 Å². The number of nitrogens with two attached hydrogens (primary N) is 2. The van der Waals surface area contributed by atoms with E-state index in [0.717, 1.165) is 5.52 Å². The minimum atomic E-state index is -0.395. The predicted molar refractivity (Wildman–Crippen MR) is 89.5 cm³/mol. The fraction of sp³-hybridized carbons (Fsp3) is 0.375. The highest BCUT2D eigenvalue weighted by Crippen LogP contribution is 2.34. The Morgan fingerprint density at radius 2 is 2.25 bits per heavy atom. The maximum absolute atomic E-state index is 10.9. The summed E-state index contributed by atoms with van der Waals surface area (Å²) in [5.41, 5.74) is 13.7. The van der Waals surface area contributed by atoms with E-state index in [2.05, 4.69) is 29.2 Å². The van der Waals surface area contributed by atoms with Gasteiger partial charge in [-0.15, -0.1) is 5.11 Å². The van der Waals surface area contributed by atoms with Crippen molar-refractivity contribution in [3.8, 4) is 0 Å². The number of hydrogen-bond donors (Lipinski definition) is 2. The summed E-state index contributed by atoms with van der Waals surface area (Å²) in [6.45, 7) is 4.61. The summed E-state index contributed by atoms with van der Waals surface area (Å²) >= 11 is 0. The average molecular weight is 328 g/mol. The summed E-state index contributed by atoms with van der Waals surface area (Å²) < 4.78 is 5.89. The Balaban J connectivity index is 1.86. The van der Waals surface area contributed by atoms with E-state index in [4.69, 9.17) is 15.9 Å². The third-order valence-electron chi connectivity index (χ3n) is 3.79. The first kappa shape index (κ1) is 16.0. The zero-order valence-electron chi connectivity index (χ0n) is 13.6. The molecule has 1 unspecified atom stereocenters. The Kier molecular flexibility index (Phi) is 4.20. The van der Waals surface area contributed by atoms with Crippen molar-refractivity contribution in [1.82, 2.24) is 9.99 Å². The number of rotatable bonds is 5. The topological polar surface area (TPSA) is 123 Å². The summed E-state index contributed by atoms with van der Waals surface area (Å²) in [6.07, 6.45) is 1.84. The summed E-state index contributed by atoms with van der Waals surface area (Å²) in [5, 5.41) is 10.1. The fourth-order valence-corrected chi connectivity index (χ4v) is 2.66. The molecule has 0 radical (unpaired) electrons. The maximum Gasteiger partial charge on any atom is 0.221 e. The molecule has 24 heavy (non-hydrogen) atoms.